The first-order valence-corrected chi connectivity index (χ1v) is 17.5. The number of fused-ring (bicyclic) bond motifs is 1. The molecule has 1 unspecified atom stereocenters. The smallest absolute Gasteiger partial charge is 0.406 e. The third kappa shape index (κ3) is 7.39. The number of halogens is 3. The van der Waals surface area contributed by atoms with E-state index in [1.54, 1.807) is 18.2 Å². The van der Waals surface area contributed by atoms with Crippen LogP contribution in [0.2, 0.25) is 0 Å². The van der Waals surface area contributed by atoms with Crippen molar-refractivity contribution in [3.63, 3.8) is 0 Å². The van der Waals surface area contributed by atoms with Crippen molar-refractivity contribution in [2.24, 2.45) is 0 Å². The molecule has 0 fully saturated rings. The fraction of sp³-hybridized carbons (Fsp3) is 0.0870. The Bertz CT molecular complexity index is 2510. The predicted molar refractivity (Wildman–Crippen MR) is 206 cm³/mol. The van der Waals surface area contributed by atoms with Crippen LogP contribution >= 0.6 is 0 Å². The maximum absolute atomic E-state index is 12.8. The standard InChI is InChI=1S/C46H31F3N4O/c47-46(48,49)54-38-22-20-31(21-23-38)36-26-30(29-50)27-37(28-36)40-25-24-39(41-14-8-3-9-15-42(40)41)32-16-18-35(19-17-32)45-52-43(33-10-4-1-5-11-33)51-44(53-45)34-12-6-2-7-13-34/h1-12,14,16-28,34H,13,15H2. The lowest BCUT2D eigenvalue weighted by Crippen LogP contribution is -2.16. The average Bonchev–Trinajstić information content (AvgIpc) is 3.47. The summed E-state index contributed by atoms with van der Waals surface area (Å²) in [4.78, 5) is 14.7. The zero-order valence-electron chi connectivity index (χ0n) is 28.8. The maximum Gasteiger partial charge on any atom is 0.573 e. The highest BCUT2D eigenvalue weighted by Crippen LogP contribution is 2.39. The number of nitriles is 1. The molecule has 1 atom stereocenters. The molecule has 2 aliphatic carbocycles. The predicted octanol–water partition coefficient (Wildman–Crippen LogP) is 11.7. The molecule has 0 N–H and O–H groups in total. The number of hydrogen-bond acceptors (Lipinski definition) is 5. The van der Waals surface area contributed by atoms with Gasteiger partial charge in [0.1, 0.15) is 11.6 Å². The monoisotopic (exact) mass is 712 g/mol. The molecule has 0 aliphatic heterocycles. The van der Waals surface area contributed by atoms with E-state index < -0.39 is 6.36 Å². The van der Waals surface area contributed by atoms with E-state index in [-0.39, 0.29) is 11.7 Å². The van der Waals surface area contributed by atoms with Gasteiger partial charge >= 0.3 is 6.36 Å². The van der Waals surface area contributed by atoms with Gasteiger partial charge in [0.15, 0.2) is 11.6 Å². The van der Waals surface area contributed by atoms with E-state index in [1.165, 1.54) is 12.1 Å². The molecule has 0 bridgehead atoms. The van der Waals surface area contributed by atoms with Crippen LogP contribution in [0.25, 0.3) is 62.2 Å². The van der Waals surface area contributed by atoms with Crippen LogP contribution in [0.4, 0.5) is 13.2 Å². The highest BCUT2D eigenvalue weighted by atomic mass is 19.4. The lowest BCUT2D eigenvalue weighted by molar-refractivity contribution is -0.274. The average molecular weight is 713 g/mol. The lowest BCUT2D eigenvalue weighted by atomic mass is 9.86. The van der Waals surface area contributed by atoms with Gasteiger partial charge in [0.05, 0.1) is 11.6 Å². The first-order chi connectivity index (χ1) is 26.3. The molecule has 8 heteroatoms. The molecule has 8 rings (SSSR count). The number of rotatable bonds is 7. The Morgan fingerprint density at radius 3 is 2.00 bits per heavy atom. The normalized spacial score (nSPS) is 14.7. The number of alkyl halides is 3. The molecule has 2 aliphatic rings. The van der Waals surface area contributed by atoms with Crippen LogP contribution in [-0.2, 0) is 6.42 Å². The molecule has 54 heavy (non-hydrogen) atoms. The molecule has 0 saturated carbocycles. The van der Waals surface area contributed by atoms with Crippen LogP contribution in [0.15, 0.2) is 152 Å². The van der Waals surface area contributed by atoms with Gasteiger partial charge in [-0.1, -0.05) is 127 Å². The van der Waals surface area contributed by atoms with Gasteiger partial charge in [0.2, 0.25) is 0 Å². The Labute approximate surface area is 310 Å². The van der Waals surface area contributed by atoms with Gasteiger partial charge < -0.3 is 4.74 Å². The summed E-state index contributed by atoms with van der Waals surface area (Å²) in [5.41, 5.74) is 9.68. The van der Waals surface area contributed by atoms with Gasteiger partial charge in [-0.25, -0.2) is 15.0 Å². The van der Waals surface area contributed by atoms with Gasteiger partial charge in [0, 0.05) is 17.0 Å². The zero-order chi connectivity index (χ0) is 37.1. The van der Waals surface area contributed by atoms with Gasteiger partial charge in [-0.05, 0) is 87.7 Å². The first-order valence-electron chi connectivity index (χ1n) is 17.5. The topological polar surface area (TPSA) is 71.7 Å². The third-order valence-electron chi connectivity index (χ3n) is 9.43. The Kier molecular flexibility index (Phi) is 9.29. The maximum atomic E-state index is 12.8. The van der Waals surface area contributed by atoms with Gasteiger partial charge in [-0.15, -0.1) is 13.2 Å². The number of ether oxygens (including phenoxy) is 1. The van der Waals surface area contributed by atoms with Crippen LogP contribution in [-0.4, -0.2) is 21.3 Å². The summed E-state index contributed by atoms with van der Waals surface area (Å²) in [6, 6.07) is 35.9. The summed E-state index contributed by atoms with van der Waals surface area (Å²) in [6.07, 6.45) is 13.3. The van der Waals surface area contributed by atoms with Crippen LogP contribution in [0.1, 0.15) is 34.9 Å². The second-order valence-electron chi connectivity index (χ2n) is 13.0. The van der Waals surface area contributed by atoms with E-state index in [2.05, 4.69) is 59.4 Å². The van der Waals surface area contributed by atoms with E-state index in [0.717, 1.165) is 56.8 Å². The number of allylic oxidation sites excluding steroid dienone is 7. The molecule has 5 aromatic carbocycles. The SMILES string of the molecule is N#Cc1cc(-c2ccc(OC(F)(F)F)cc2)cc(-c2ccc(-c3ccc(-c4nc(-c5ccccc5)nc(C5C=CC=CC5)n4)cc3)c3c2CC=CC=C3)c1. The first kappa shape index (κ1) is 34.2. The minimum absolute atomic E-state index is 0.0659. The van der Waals surface area contributed by atoms with Gasteiger partial charge in [0.25, 0.3) is 0 Å². The Balaban J connectivity index is 1.16. The summed E-state index contributed by atoms with van der Waals surface area (Å²) >= 11 is 0. The summed E-state index contributed by atoms with van der Waals surface area (Å²) in [7, 11) is 0. The largest absolute Gasteiger partial charge is 0.573 e. The Morgan fingerprint density at radius 1 is 0.630 bits per heavy atom. The zero-order valence-corrected chi connectivity index (χ0v) is 28.8. The third-order valence-corrected chi connectivity index (χ3v) is 9.43. The van der Waals surface area contributed by atoms with Crippen molar-refractivity contribution in [1.29, 1.82) is 5.26 Å². The molecule has 0 amide bonds. The van der Waals surface area contributed by atoms with Gasteiger partial charge in [-0.2, -0.15) is 5.26 Å². The van der Waals surface area contributed by atoms with E-state index in [1.807, 2.05) is 78.9 Å². The Hall–Kier alpha value is -6.85. The Morgan fingerprint density at radius 2 is 1.30 bits per heavy atom. The molecule has 1 aromatic heterocycles. The van der Waals surface area contributed by atoms with Crippen molar-refractivity contribution < 1.29 is 17.9 Å². The molecule has 0 spiro atoms. The van der Waals surface area contributed by atoms with Crippen molar-refractivity contribution >= 4 is 6.08 Å². The minimum Gasteiger partial charge on any atom is -0.406 e. The molecule has 5 nitrogen and oxygen atoms in total. The summed E-state index contributed by atoms with van der Waals surface area (Å²) in [5, 5.41) is 9.95. The molecule has 0 radical (unpaired) electrons. The number of benzene rings is 5. The van der Waals surface area contributed by atoms with E-state index in [0.29, 0.717) is 34.8 Å². The van der Waals surface area contributed by atoms with Crippen LogP contribution in [0.5, 0.6) is 5.75 Å². The molecular weight excluding hydrogens is 682 g/mol. The molecule has 262 valence electrons. The van der Waals surface area contributed by atoms with Crippen LogP contribution < -0.4 is 4.74 Å². The quantitative estimate of drug-likeness (QED) is 0.165. The summed E-state index contributed by atoms with van der Waals surface area (Å²) in [5.74, 6) is 1.74. The fourth-order valence-corrected chi connectivity index (χ4v) is 6.85. The van der Waals surface area contributed by atoms with Crippen LogP contribution in [0, 0.1) is 11.3 Å². The van der Waals surface area contributed by atoms with E-state index >= 15 is 0 Å². The number of aromatic nitrogens is 3. The van der Waals surface area contributed by atoms with E-state index in [4.69, 9.17) is 15.0 Å². The fourth-order valence-electron chi connectivity index (χ4n) is 6.85. The highest BCUT2D eigenvalue weighted by molar-refractivity contribution is 5.86. The number of hydrogen-bond donors (Lipinski definition) is 0. The van der Waals surface area contributed by atoms with Crippen molar-refractivity contribution in [2.45, 2.75) is 25.1 Å². The van der Waals surface area contributed by atoms with Crippen molar-refractivity contribution in [3.8, 4) is 68.0 Å². The summed E-state index contributed by atoms with van der Waals surface area (Å²) in [6.45, 7) is 0. The molecule has 1 heterocycles. The van der Waals surface area contributed by atoms with Crippen molar-refractivity contribution in [2.75, 3.05) is 0 Å². The molecule has 6 aromatic rings. The van der Waals surface area contributed by atoms with Gasteiger partial charge in [-0.3, -0.25) is 0 Å². The molecular formula is C46H31F3N4O. The molecule has 0 saturated heterocycles. The van der Waals surface area contributed by atoms with Crippen molar-refractivity contribution in [3.05, 3.63) is 174 Å². The number of nitrogens with zero attached hydrogens (tertiary/aromatic N) is 4. The second kappa shape index (κ2) is 14.6. The lowest BCUT2D eigenvalue weighted by Gasteiger charge is -2.18. The van der Waals surface area contributed by atoms with Crippen LogP contribution in [0.3, 0.4) is 0 Å². The highest BCUT2D eigenvalue weighted by Gasteiger charge is 2.31. The van der Waals surface area contributed by atoms with E-state index in [9.17, 15) is 18.4 Å². The second-order valence-corrected chi connectivity index (χ2v) is 13.0. The minimum atomic E-state index is -4.78. The summed E-state index contributed by atoms with van der Waals surface area (Å²) < 4.78 is 42.3. The van der Waals surface area contributed by atoms with Crippen molar-refractivity contribution in [1.82, 2.24) is 15.0 Å².